The third kappa shape index (κ3) is 5.50. The number of benzene rings is 3. The Morgan fingerprint density at radius 1 is 1.00 bits per heavy atom. The van der Waals surface area contributed by atoms with Gasteiger partial charge < -0.3 is 19.9 Å². The molecule has 0 fully saturated rings. The molecular weight excluding hydrogens is 414 g/mol. The van der Waals surface area contributed by atoms with Gasteiger partial charge in [-0.05, 0) is 61.2 Å². The average molecular weight is 440 g/mol. The van der Waals surface area contributed by atoms with E-state index in [1.54, 1.807) is 25.1 Å². The summed E-state index contributed by atoms with van der Waals surface area (Å²) in [4.78, 5) is 11.4. The lowest BCUT2D eigenvalue weighted by molar-refractivity contribution is 0.0696. The van der Waals surface area contributed by atoms with Gasteiger partial charge in [0.2, 0.25) is 0 Å². The summed E-state index contributed by atoms with van der Waals surface area (Å²) in [5.41, 5.74) is 4.77. The second-order valence-corrected chi connectivity index (χ2v) is 7.58. The molecule has 0 saturated heterocycles. The summed E-state index contributed by atoms with van der Waals surface area (Å²) in [6.45, 7) is 7.07. The van der Waals surface area contributed by atoms with Crippen molar-refractivity contribution < 1.29 is 19.4 Å². The third-order valence-electron chi connectivity index (χ3n) is 5.09. The lowest BCUT2D eigenvalue weighted by atomic mass is 10.1. The van der Waals surface area contributed by atoms with Crippen LogP contribution in [0.5, 0.6) is 11.5 Å². The van der Waals surface area contributed by atoms with Crippen molar-refractivity contribution in [3.63, 3.8) is 0 Å². The summed E-state index contributed by atoms with van der Waals surface area (Å²) in [5, 5.41) is 13.1. The molecule has 6 heteroatoms. The second kappa shape index (κ2) is 10.2. The Morgan fingerprint density at radius 3 is 2.45 bits per heavy atom. The van der Waals surface area contributed by atoms with Crippen LogP contribution in [0.1, 0.15) is 39.5 Å². The van der Waals surface area contributed by atoms with Crippen molar-refractivity contribution in [2.24, 2.45) is 0 Å². The molecular formula is C25H26ClNO4. The second-order valence-electron chi connectivity index (χ2n) is 7.18. The summed E-state index contributed by atoms with van der Waals surface area (Å²) < 4.78 is 11.8. The van der Waals surface area contributed by atoms with Crippen LogP contribution in [0.25, 0.3) is 0 Å². The van der Waals surface area contributed by atoms with Crippen LogP contribution < -0.4 is 14.8 Å². The van der Waals surface area contributed by atoms with Gasteiger partial charge in [-0.25, -0.2) is 4.79 Å². The Morgan fingerprint density at radius 2 is 1.74 bits per heavy atom. The number of nitrogens with one attached hydrogen (secondary N) is 1. The average Bonchev–Trinajstić information content (AvgIpc) is 2.74. The minimum atomic E-state index is -0.951. The Bertz CT molecular complexity index is 1080. The van der Waals surface area contributed by atoms with Gasteiger partial charge in [-0.3, -0.25) is 0 Å². The van der Waals surface area contributed by atoms with Crippen LogP contribution in [0.3, 0.4) is 0 Å². The van der Waals surface area contributed by atoms with Crippen LogP contribution in [0.2, 0.25) is 5.02 Å². The van der Waals surface area contributed by atoms with Gasteiger partial charge >= 0.3 is 5.97 Å². The number of hydrogen-bond acceptors (Lipinski definition) is 4. The molecule has 0 atom stereocenters. The standard InChI is InChI=1S/C25H26ClNO4/c1-4-30-23-12-19(14-27-22-11-7-10-20(17(22)3)25(28)29)21(26)13-24(23)31-15-18-9-6-5-8-16(18)2/h5-13,27H,4,14-15H2,1-3H3,(H,28,29). The highest BCUT2D eigenvalue weighted by Crippen LogP contribution is 2.35. The van der Waals surface area contributed by atoms with Crippen molar-refractivity contribution in [1.29, 1.82) is 0 Å². The van der Waals surface area contributed by atoms with Crippen molar-refractivity contribution in [3.8, 4) is 11.5 Å². The molecule has 3 aromatic rings. The van der Waals surface area contributed by atoms with Crippen LogP contribution in [-0.2, 0) is 13.2 Å². The highest BCUT2D eigenvalue weighted by atomic mass is 35.5. The first-order valence-electron chi connectivity index (χ1n) is 10.1. The Hall–Kier alpha value is -3.18. The number of hydrogen-bond donors (Lipinski definition) is 2. The zero-order valence-electron chi connectivity index (χ0n) is 17.9. The summed E-state index contributed by atoms with van der Waals surface area (Å²) in [6, 6.07) is 16.8. The first-order valence-corrected chi connectivity index (χ1v) is 10.5. The maximum absolute atomic E-state index is 11.4. The first kappa shape index (κ1) is 22.5. The van der Waals surface area contributed by atoms with Crippen molar-refractivity contribution >= 4 is 23.3 Å². The molecule has 2 N–H and O–H groups in total. The Balaban J connectivity index is 1.79. The number of anilines is 1. The number of aromatic carboxylic acids is 1. The van der Waals surface area contributed by atoms with Gasteiger partial charge in [-0.1, -0.05) is 41.9 Å². The molecule has 3 rings (SSSR count). The van der Waals surface area contributed by atoms with Crippen LogP contribution in [0.15, 0.2) is 54.6 Å². The molecule has 0 bridgehead atoms. The number of halogens is 1. The molecule has 5 nitrogen and oxygen atoms in total. The SMILES string of the molecule is CCOc1cc(CNc2cccc(C(=O)O)c2C)c(Cl)cc1OCc1ccccc1C. The smallest absolute Gasteiger partial charge is 0.336 e. The normalized spacial score (nSPS) is 10.6. The van der Waals surface area contributed by atoms with Gasteiger partial charge in [0.15, 0.2) is 11.5 Å². The van der Waals surface area contributed by atoms with Crippen LogP contribution in [0.4, 0.5) is 5.69 Å². The highest BCUT2D eigenvalue weighted by Gasteiger charge is 2.14. The zero-order chi connectivity index (χ0) is 22.4. The van der Waals surface area contributed by atoms with Crippen LogP contribution in [0, 0.1) is 13.8 Å². The van der Waals surface area contributed by atoms with Crippen LogP contribution in [-0.4, -0.2) is 17.7 Å². The molecule has 162 valence electrons. The molecule has 31 heavy (non-hydrogen) atoms. The molecule has 0 radical (unpaired) electrons. The van der Waals surface area contributed by atoms with E-state index in [0.717, 1.165) is 22.4 Å². The topological polar surface area (TPSA) is 67.8 Å². The van der Waals surface area contributed by atoms with E-state index in [4.69, 9.17) is 21.1 Å². The monoisotopic (exact) mass is 439 g/mol. The van der Waals surface area contributed by atoms with Crippen molar-refractivity contribution in [3.05, 3.63) is 87.4 Å². The van der Waals surface area contributed by atoms with E-state index in [-0.39, 0.29) is 5.56 Å². The quantitative estimate of drug-likeness (QED) is 0.412. The lowest BCUT2D eigenvalue weighted by Crippen LogP contribution is -2.07. The number of carbonyl (C=O) groups is 1. The minimum Gasteiger partial charge on any atom is -0.490 e. The molecule has 0 spiro atoms. The zero-order valence-corrected chi connectivity index (χ0v) is 18.6. The van der Waals surface area contributed by atoms with Crippen molar-refractivity contribution in [2.75, 3.05) is 11.9 Å². The molecule has 0 saturated carbocycles. The molecule has 3 aromatic carbocycles. The number of carboxylic acid groups (broad SMARTS) is 1. The lowest BCUT2D eigenvalue weighted by Gasteiger charge is -2.17. The summed E-state index contributed by atoms with van der Waals surface area (Å²) in [5.74, 6) is 0.254. The van der Waals surface area contributed by atoms with Crippen LogP contribution >= 0.6 is 11.6 Å². The molecule has 0 aliphatic rings. The van der Waals surface area contributed by atoms with E-state index in [9.17, 15) is 9.90 Å². The molecule has 0 unspecified atom stereocenters. The fourth-order valence-electron chi connectivity index (χ4n) is 3.27. The maximum Gasteiger partial charge on any atom is 0.336 e. The molecule has 0 aromatic heterocycles. The third-order valence-corrected chi connectivity index (χ3v) is 5.44. The largest absolute Gasteiger partial charge is 0.490 e. The number of rotatable bonds is 9. The summed E-state index contributed by atoms with van der Waals surface area (Å²) in [7, 11) is 0. The predicted molar refractivity (Wildman–Crippen MR) is 124 cm³/mol. The molecule has 0 amide bonds. The highest BCUT2D eigenvalue weighted by molar-refractivity contribution is 6.31. The van der Waals surface area contributed by atoms with Gasteiger partial charge in [0.25, 0.3) is 0 Å². The van der Waals surface area contributed by atoms with E-state index in [1.807, 2.05) is 50.2 Å². The summed E-state index contributed by atoms with van der Waals surface area (Å²) >= 11 is 6.53. The fraction of sp³-hybridized carbons (Fsp3) is 0.240. The van der Waals surface area contributed by atoms with Gasteiger partial charge in [0, 0.05) is 23.3 Å². The molecule has 0 heterocycles. The minimum absolute atomic E-state index is 0.269. The van der Waals surface area contributed by atoms with E-state index < -0.39 is 5.97 Å². The van der Waals surface area contributed by atoms with Gasteiger partial charge in [0.1, 0.15) is 6.61 Å². The molecule has 0 aliphatic carbocycles. The number of carboxylic acids is 1. The maximum atomic E-state index is 11.4. The van der Waals surface area contributed by atoms with Gasteiger partial charge in [0.05, 0.1) is 12.2 Å². The summed E-state index contributed by atoms with van der Waals surface area (Å²) in [6.07, 6.45) is 0. The molecule has 0 aliphatic heterocycles. The Kier molecular flexibility index (Phi) is 7.42. The van der Waals surface area contributed by atoms with E-state index in [1.165, 1.54) is 0 Å². The first-order chi connectivity index (χ1) is 14.9. The van der Waals surface area contributed by atoms with E-state index in [0.29, 0.717) is 41.8 Å². The van der Waals surface area contributed by atoms with Gasteiger partial charge in [-0.15, -0.1) is 0 Å². The predicted octanol–water partition coefficient (Wildman–Crippen LogP) is 6.24. The van der Waals surface area contributed by atoms with Crippen molar-refractivity contribution in [1.82, 2.24) is 0 Å². The van der Waals surface area contributed by atoms with Gasteiger partial charge in [-0.2, -0.15) is 0 Å². The van der Waals surface area contributed by atoms with E-state index in [2.05, 4.69) is 5.32 Å². The Labute approximate surface area is 187 Å². The van der Waals surface area contributed by atoms with E-state index >= 15 is 0 Å². The fourth-order valence-corrected chi connectivity index (χ4v) is 3.49. The van der Waals surface area contributed by atoms with Crippen molar-refractivity contribution in [2.45, 2.75) is 33.9 Å². The number of ether oxygens (including phenoxy) is 2. The number of aryl methyl sites for hydroxylation is 1.